The van der Waals surface area contributed by atoms with Gasteiger partial charge in [-0.1, -0.05) is 49.4 Å². The van der Waals surface area contributed by atoms with Crippen LogP contribution in [-0.2, 0) is 27.4 Å². The first-order chi connectivity index (χ1) is 14.0. The molecule has 0 fully saturated rings. The molecule has 0 saturated heterocycles. The lowest BCUT2D eigenvalue weighted by Crippen LogP contribution is -2.28. The third kappa shape index (κ3) is 5.31. The minimum atomic E-state index is -0.489. The highest BCUT2D eigenvalue weighted by Gasteiger charge is 2.18. The first-order valence-electron chi connectivity index (χ1n) is 9.49. The summed E-state index contributed by atoms with van der Waals surface area (Å²) in [6, 6.07) is 15.7. The van der Waals surface area contributed by atoms with Gasteiger partial charge in [0.1, 0.15) is 12.2 Å². The maximum Gasteiger partial charge on any atom is 0.336 e. The highest BCUT2D eigenvalue weighted by molar-refractivity contribution is 5.81. The van der Waals surface area contributed by atoms with E-state index in [-0.39, 0.29) is 18.9 Å². The summed E-state index contributed by atoms with van der Waals surface area (Å²) in [6.07, 6.45) is 0.811. The molecule has 3 rings (SSSR count). The molecule has 3 aromatic rings. The van der Waals surface area contributed by atoms with E-state index in [1.165, 1.54) is 13.0 Å². The molecule has 1 aromatic heterocycles. The van der Waals surface area contributed by atoms with Crippen LogP contribution in [0.1, 0.15) is 43.0 Å². The maximum atomic E-state index is 12.4. The number of carbonyl (C=O) groups is 2. The van der Waals surface area contributed by atoms with E-state index in [2.05, 4.69) is 5.32 Å². The molecule has 1 heterocycles. The number of hydrogen-bond donors (Lipinski definition) is 1. The topological polar surface area (TPSA) is 85.6 Å². The van der Waals surface area contributed by atoms with Gasteiger partial charge in [0.25, 0.3) is 0 Å². The Bertz CT molecular complexity index is 1070. The Kier molecular flexibility index (Phi) is 6.44. The number of amides is 1. The minimum Gasteiger partial charge on any atom is -0.461 e. The number of fused-ring (bicyclic) bond motifs is 1. The highest BCUT2D eigenvalue weighted by Crippen LogP contribution is 2.21. The zero-order valence-electron chi connectivity index (χ0n) is 16.4. The van der Waals surface area contributed by atoms with Crippen LogP contribution < -0.4 is 10.9 Å². The Labute approximate surface area is 168 Å². The van der Waals surface area contributed by atoms with Gasteiger partial charge in [0, 0.05) is 23.9 Å². The number of benzene rings is 2. The van der Waals surface area contributed by atoms with Crippen molar-refractivity contribution in [2.75, 3.05) is 0 Å². The van der Waals surface area contributed by atoms with Crippen LogP contribution in [0.3, 0.4) is 0 Å². The molecule has 1 atom stereocenters. The second kappa shape index (κ2) is 9.19. The Morgan fingerprint density at radius 3 is 2.55 bits per heavy atom. The Morgan fingerprint density at radius 2 is 1.86 bits per heavy atom. The first-order valence-corrected chi connectivity index (χ1v) is 9.49. The molecule has 6 heteroatoms. The van der Waals surface area contributed by atoms with E-state index >= 15 is 0 Å². The van der Waals surface area contributed by atoms with Crippen molar-refractivity contribution in [2.24, 2.45) is 0 Å². The largest absolute Gasteiger partial charge is 0.461 e. The van der Waals surface area contributed by atoms with Crippen molar-refractivity contribution in [3.05, 3.63) is 81.7 Å². The molecular formula is C23H23NO5. The SMILES string of the molecule is CCc1ccc2c(COC(=O)C[C@H](NC(C)=O)c3ccccc3)cc(=O)oc2c1. The second-order valence-electron chi connectivity index (χ2n) is 6.80. The summed E-state index contributed by atoms with van der Waals surface area (Å²) in [5.74, 6) is -0.704. The summed E-state index contributed by atoms with van der Waals surface area (Å²) in [5, 5.41) is 3.50. The van der Waals surface area contributed by atoms with Gasteiger partial charge in [-0.3, -0.25) is 9.59 Å². The summed E-state index contributed by atoms with van der Waals surface area (Å²) >= 11 is 0. The number of ether oxygens (including phenoxy) is 1. The van der Waals surface area contributed by atoms with Crippen LogP contribution >= 0.6 is 0 Å². The third-order valence-electron chi connectivity index (χ3n) is 4.64. The summed E-state index contributed by atoms with van der Waals surface area (Å²) in [4.78, 5) is 35.8. The fraction of sp³-hybridized carbons (Fsp3) is 0.261. The average Bonchev–Trinajstić information content (AvgIpc) is 2.71. The van der Waals surface area contributed by atoms with Gasteiger partial charge in [-0.15, -0.1) is 0 Å². The molecule has 1 amide bonds. The van der Waals surface area contributed by atoms with Crippen molar-refractivity contribution < 1.29 is 18.7 Å². The first kappa shape index (κ1) is 20.3. The van der Waals surface area contributed by atoms with Crippen LogP contribution in [0, 0.1) is 0 Å². The van der Waals surface area contributed by atoms with E-state index in [9.17, 15) is 14.4 Å². The molecule has 29 heavy (non-hydrogen) atoms. The second-order valence-corrected chi connectivity index (χ2v) is 6.80. The van der Waals surface area contributed by atoms with Gasteiger partial charge in [0.05, 0.1) is 12.5 Å². The lowest BCUT2D eigenvalue weighted by Gasteiger charge is -2.17. The van der Waals surface area contributed by atoms with Gasteiger partial charge in [-0.25, -0.2) is 4.79 Å². The van der Waals surface area contributed by atoms with Crippen LogP contribution in [0.4, 0.5) is 0 Å². The lowest BCUT2D eigenvalue weighted by atomic mass is 10.0. The highest BCUT2D eigenvalue weighted by atomic mass is 16.5. The van der Waals surface area contributed by atoms with Crippen LogP contribution in [0.5, 0.6) is 0 Å². The van der Waals surface area contributed by atoms with E-state index in [0.29, 0.717) is 11.1 Å². The smallest absolute Gasteiger partial charge is 0.336 e. The predicted octanol–water partition coefficient (Wildman–Crippen LogP) is 3.67. The molecule has 0 saturated carbocycles. The minimum absolute atomic E-state index is 0.0110. The van der Waals surface area contributed by atoms with Crippen molar-refractivity contribution in [1.29, 1.82) is 0 Å². The number of esters is 1. The van der Waals surface area contributed by atoms with Gasteiger partial charge in [0.15, 0.2) is 0 Å². The summed E-state index contributed by atoms with van der Waals surface area (Å²) < 4.78 is 10.7. The lowest BCUT2D eigenvalue weighted by molar-refractivity contribution is -0.145. The zero-order chi connectivity index (χ0) is 20.8. The van der Waals surface area contributed by atoms with Gasteiger partial charge in [0.2, 0.25) is 5.91 Å². The molecule has 0 aliphatic carbocycles. The van der Waals surface area contributed by atoms with E-state index in [1.807, 2.05) is 55.5 Å². The van der Waals surface area contributed by atoms with Crippen LogP contribution in [0.15, 0.2) is 63.8 Å². The molecule has 150 valence electrons. The molecule has 1 N–H and O–H groups in total. The summed E-state index contributed by atoms with van der Waals surface area (Å²) in [6.45, 7) is 3.37. The fourth-order valence-corrected chi connectivity index (χ4v) is 3.18. The third-order valence-corrected chi connectivity index (χ3v) is 4.64. The zero-order valence-corrected chi connectivity index (χ0v) is 16.4. The summed E-state index contributed by atoms with van der Waals surface area (Å²) in [5.41, 5.74) is 2.44. The van der Waals surface area contributed by atoms with Gasteiger partial charge in [-0.05, 0) is 23.6 Å². The number of aryl methyl sites for hydroxylation is 1. The van der Waals surface area contributed by atoms with Crippen molar-refractivity contribution in [1.82, 2.24) is 5.32 Å². The van der Waals surface area contributed by atoms with Gasteiger partial charge < -0.3 is 14.5 Å². The van der Waals surface area contributed by atoms with Crippen molar-refractivity contribution in [2.45, 2.75) is 39.3 Å². The monoisotopic (exact) mass is 393 g/mol. The Balaban J connectivity index is 1.74. The summed E-state index contributed by atoms with van der Waals surface area (Å²) in [7, 11) is 0. The van der Waals surface area contributed by atoms with Crippen LogP contribution in [0.25, 0.3) is 11.0 Å². The molecule has 0 aliphatic heterocycles. The molecule has 0 spiro atoms. The molecule has 0 aliphatic rings. The van der Waals surface area contributed by atoms with Crippen molar-refractivity contribution in [3.8, 4) is 0 Å². The van der Waals surface area contributed by atoms with E-state index < -0.39 is 17.6 Å². The van der Waals surface area contributed by atoms with E-state index in [0.717, 1.165) is 22.9 Å². The van der Waals surface area contributed by atoms with Crippen LogP contribution in [-0.4, -0.2) is 11.9 Å². The number of carbonyl (C=O) groups excluding carboxylic acids is 2. The average molecular weight is 393 g/mol. The van der Waals surface area contributed by atoms with Crippen molar-refractivity contribution in [3.63, 3.8) is 0 Å². The van der Waals surface area contributed by atoms with Crippen LogP contribution in [0.2, 0.25) is 0 Å². The van der Waals surface area contributed by atoms with Gasteiger partial charge >= 0.3 is 11.6 Å². The fourth-order valence-electron chi connectivity index (χ4n) is 3.18. The standard InChI is InChI=1S/C23H23NO5/c1-3-16-9-10-19-18(12-23(27)29-21(19)11-16)14-28-22(26)13-20(24-15(2)25)17-7-5-4-6-8-17/h4-12,20H,3,13-14H2,1-2H3,(H,24,25)/t20-/m0/s1. The molecule has 2 aromatic carbocycles. The maximum absolute atomic E-state index is 12.4. The van der Waals surface area contributed by atoms with E-state index in [4.69, 9.17) is 9.15 Å². The Hall–Kier alpha value is -3.41. The molecular weight excluding hydrogens is 370 g/mol. The van der Waals surface area contributed by atoms with E-state index in [1.54, 1.807) is 0 Å². The normalized spacial score (nSPS) is 11.8. The Morgan fingerprint density at radius 1 is 1.10 bits per heavy atom. The molecule has 0 bridgehead atoms. The quantitative estimate of drug-likeness (QED) is 0.489. The predicted molar refractivity (Wildman–Crippen MR) is 109 cm³/mol. The molecule has 0 unspecified atom stereocenters. The number of rotatable bonds is 7. The van der Waals surface area contributed by atoms with Crippen molar-refractivity contribution >= 4 is 22.8 Å². The molecule has 0 radical (unpaired) electrons. The number of hydrogen-bond acceptors (Lipinski definition) is 5. The molecule has 6 nitrogen and oxygen atoms in total. The number of nitrogens with one attached hydrogen (secondary N) is 1. The van der Waals surface area contributed by atoms with Gasteiger partial charge in [-0.2, -0.15) is 0 Å².